The SMILES string of the molecule is CCNS(=O)(=O)CCNC(=O)C1(C(F)(F)F)CCNC1. The summed E-state index contributed by atoms with van der Waals surface area (Å²) >= 11 is 0. The summed E-state index contributed by atoms with van der Waals surface area (Å²) in [6, 6.07) is 0. The molecule has 6 nitrogen and oxygen atoms in total. The second-order valence-electron chi connectivity index (χ2n) is 4.58. The number of alkyl halides is 3. The van der Waals surface area contributed by atoms with Gasteiger partial charge < -0.3 is 10.6 Å². The Labute approximate surface area is 115 Å². The average Bonchev–Trinajstić information content (AvgIpc) is 2.77. The molecule has 1 heterocycles. The Morgan fingerprint density at radius 3 is 2.50 bits per heavy atom. The van der Waals surface area contributed by atoms with Crippen molar-refractivity contribution in [2.45, 2.75) is 19.5 Å². The zero-order valence-corrected chi connectivity index (χ0v) is 11.8. The van der Waals surface area contributed by atoms with Crippen molar-refractivity contribution in [2.24, 2.45) is 5.41 Å². The Bertz CT molecular complexity index is 444. The van der Waals surface area contributed by atoms with Crippen LogP contribution in [0.2, 0.25) is 0 Å². The molecule has 1 unspecified atom stereocenters. The number of sulfonamides is 1. The van der Waals surface area contributed by atoms with E-state index in [1.807, 2.05) is 0 Å². The van der Waals surface area contributed by atoms with Gasteiger partial charge >= 0.3 is 6.18 Å². The second kappa shape index (κ2) is 6.27. The highest BCUT2D eigenvalue weighted by molar-refractivity contribution is 7.89. The highest BCUT2D eigenvalue weighted by atomic mass is 32.2. The molecule has 1 rings (SSSR count). The number of halogens is 3. The first kappa shape index (κ1) is 17.2. The fourth-order valence-corrected chi connectivity index (χ4v) is 2.97. The molecule has 0 aromatic heterocycles. The fourth-order valence-electron chi connectivity index (χ4n) is 2.02. The Morgan fingerprint density at radius 2 is 2.05 bits per heavy atom. The van der Waals surface area contributed by atoms with Crippen molar-refractivity contribution < 1.29 is 26.4 Å². The second-order valence-corrected chi connectivity index (χ2v) is 6.51. The molecule has 0 aromatic rings. The van der Waals surface area contributed by atoms with Crippen LogP contribution < -0.4 is 15.4 Å². The monoisotopic (exact) mass is 317 g/mol. The van der Waals surface area contributed by atoms with E-state index in [2.05, 4.69) is 15.4 Å². The lowest BCUT2D eigenvalue weighted by molar-refractivity contribution is -0.215. The molecular formula is C10H18F3N3O3S. The quantitative estimate of drug-likeness (QED) is 0.621. The van der Waals surface area contributed by atoms with E-state index in [0.717, 1.165) is 0 Å². The predicted molar refractivity (Wildman–Crippen MR) is 66.4 cm³/mol. The maximum atomic E-state index is 13.0. The molecule has 0 spiro atoms. The Balaban J connectivity index is 2.62. The van der Waals surface area contributed by atoms with E-state index in [0.29, 0.717) is 0 Å². The molecule has 0 aliphatic carbocycles. The van der Waals surface area contributed by atoms with Crippen LogP contribution >= 0.6 is 0 Å². The summed E-state index contributed by atoms with van der Waals surface area (Å²) in [5.74, 6) is -1.63. The lowest BCUT2D eigenvalue weighted by atomic mass is 9.85. The van der Waals surface area contributed by atoms with Gasteiger partial charge in [0.15, 0.2) is 5.41 Å². The number of hydrogen-bond donors (Lipinski definition) is 3. The van der Waals surface area contributed by atoms with Crippen LogP contribution in [0.15, 0.2) is 0 Å². The van der Waals surface area contributed by atoms with Gasteiger partial charge in [0.1, 0.15) is 0 Å². The molecule has 0 radical (unpaired) electrons. The van der Waals surface area contributed by atoms with Crippen LogP contribution in [-0.2, 0) is 14.8 Å². The normalized spacial score (nSPS) is 23.8. The van der Waals surface area contributed by atoms with Crippen molar-refractivity contribution in [3.05, 3.63) is 0 Å². The number of carbonyl (C=O) groups excluding carboxylic acids is 1. The Hall–Kier alpha value is -0.870. The van der Waals surface area contributed by atoms with Crippen molar-refractivity contribution in [1.82, 2.24) is 15.4 Å². The van der Waals surface area contributed by atoms with Gasteiger partial charge in [0.05, 0.1) is 5.75 Å². The van der Waals surface area contributed by atoms with Crippen LogP contribution in [0.5, 0.6) is 0 Å². The van der Waals surface area contributed by atoms with Crippen molar-refractivity contribution in [1.29, 1.82) is 0 Å². The van der Waals surface area contributed by atoms with Gasteiger partial charge in [-0.3, -0.25) is 4.79 Å². The van der Waals surface area contributed by atoms with Crippen LogP contribution in [0.3, 0.4) is 0 Å². The molecule has 0 saturated carbocycles. The molecular weight excluding hydrogens is 299 g/mol. The lowest BCUT2D eigenvalue weighted by Gasteiger charge is -2.29. The van der Waals surface area contributed by atoms with Gasteiger partial charge in [0, 0.05) is 19.6 Å². The first-order valence-electron chi connectivity index (χ1n) is 6.18. The summed E-state index contributed by atoms with van der Waals surface area (Å²) in [5.41, 5.74) is -2.46. The molecule has 118 valence electrons. The zero-order chi connectivity index (χ0) is 15.4. The first-order valence-corrected chi connectivity index (χ1v) is 7.83. The number of carbonyl (C=O) groups is 1. The summed E-state index contributed by atoms with van der Waals surface area (Å²) in [6.45, 7) is 1.03. The topological polar surface area (TPSA) is 87.3 Å². The summed E-state index contributed by atoms with van der Waals surface area (Å²) in [6.07, 6.45) is -5.01. The molecule has 1 amide bonds. The van der Waals surface area contributed by atoms with Gasteiger partial charge in [-0.05, 0) is 13.0 Å². The van der Waals surface area contributed by atoms with Gasteiger partial charge in [0.25, 0.3) is 0 Å². The molecule has 1 atom stereocenters. The first-order chi connectivity index (χ1) is 9.15. The van der Waals surface area contributed by atoms with E-state index in [4.69, 9.17) is 0 Å². The molecule has 0 aromatic carbocycles. The van der Waals surface area contributed by atoms with Gasteiger partial charge in [-0.15, -0.1) is 0 Å². The van der Waals surface area contributed by atoms with Crippen molar-refractivity contribution >= 4 is 15.9 Å². The Morgan fingerprint density at radius 1 is 1.40 bits per heavy atom. The third-order valence-electron chi connectivity index (χ3n) is 3.15. The largest absolute Gasteiger partial charge is 0.404 e. The van der Waals surface area contributed by atoms with Gasteiger partial charge in [0.2, 0.25) is 15.9 Å². The minimum atomic E-state index is -4.67. The minimum Gasteiger partial charge on any atom is -0.354 e. The summed E-state index contributed by atoms with van der Waals surface area (Å²) in [5, 5.41) is 4.58. The average molecular weight is 317 g/mol. The minimum absolute atomic E-state index is 0.0998. The molecule has 1 fully saturated rings. The maximum Gasteiger partial charge on any atom is 0.404 e. The molecule has 0 bridgehead atoms. The van der Waals surface area contributed by atoms with Crippen molar-refractivity contribution in [2.75, 3.05) is 31.9 Å². The van der Waals surface area contributed by atoms with E-state index < -0.39 is 39.8 Å². The molecule has 1 aliphatic rings. The highest BCUT2D eigenvalue weighted by Gasteiger charge is 2.61. The predicted octanol–water partition coefficient (Wildman–Crippen LogP) is -0.416. The van der Waals surface area contributed by atoms with Crippen LogP contribution in [0.4, 0.5) is 13.2 Å². The van der Waals surface area contributed by atoms with Crippen LogP contribution in [-0.4, -0.2) is 52.4 Å². The molecule has 20 heavy (non-hydrogen) atoms. The molecule has 10 heteroatoms. The number of nitrogens with one attached hydrogen (secondary N) is 3. The fraction of sp³-hybridized carbons (Fsp3) is 0.900. The number of rotatable bonds is 6. The van der Waals surface area contributed by atoms with Crippen LogP contribution in [0.25, 0.3) is 0 Å². The van der Waals surface area contributed by atoms with Crippen molar-refractivity contribution in [3.63, 3.8) is 0 Å². The van der Waals surface area contributed by atoms with Crippen LogP contribution in [0.1, 0.15) is 13.3 Å². The zero-order valence-electron chi connectivity index (χ0n) is 11.0. The van der Waals surface area contributed by atoms with E-state index in [9.17, 15) is 26.4 Å². The summed E-state index contributed by atoms with van der Waals surface area (Å²) in [7, 11) is -3.57. The molecule has 1 saturated heterocycles. The highest BCUT2D eigenvalue weighted by Crippen LogP contribution is 2.43. The van der Waals surface area contributed by atoms with Crippen LogP contribution in [0, 0.1) is 5.41 Å². The van der Waals surface area contributed by atoms with E-state index in [1.165, 1.54) is 0 Å². The van der Waals surface area contributed by atoms with Gasteiger partial charge in [-0.2, -0.15) is 13.2 Å². The van der Waals surface area contributed by atoms with Gasteiger partial charge in [-0.25, -0.2) is 13.1 Å². The Kier molecular flexibility index (Phi) is 5.39. The summed E-state index contributed by atoms with van der Waals surface area (Å²) < 4.78 is 63.9. The third kappa shape index (κ3) is 3.83. The number of amides is 1. The van der Waals surface area contributed by atoms with Crippen molar-refractivity contribution in [3.8, 4) is 0 Å². The van der Waals surface area contributed by atoms with E-state index >= 15 is 0 Å². The smallest absolute Gasteiger partial charge is 0.354 e. The third-order valence-corrected chi connectivity index (χ3v) is 4.62. The van der Waals surface area contributed by atoms with Gasteiger partial charge in [-0.1, -0.05) is 6.92 Å². The standard InChI is InChI=1S/C10H18F3N3O3S/c1-2-16-20(18,19)6-5-15-8(17)9(10(11,12)13)3-4-14-7-9/h14,16H,2-7H2,1H3,(H,15,17). The number of hydrogen-bond acceptors (Lipinski definition) is 4. The molecule has 3 N–H and O–H groups in total. The van der Waals surface area contributed by atoms with E-state index in [1.54, 1.807) is 6.92 Å². The maximum absolute atomic E-state index is 13.0. The lowest BCUT2D eigenvalue weighted by Crippen LogP contribution is -2.53. The van der Waals surface area contributed by atoms with E-state index in [-0.39, 0.29) is 26.1 Å². The molecule has 1 aliphatic heterocycles. The summed E-state index contributed by atoms with van der Waals surface area (Å²) in [4.78, 5) is 11.8.